The molecule has 2 heterocycles. The second kappa shape index (κ2) is 2.21. The summed E-state index contributed by atoms with van der Waals surface area (Å²) in [6.45, 7) is 0. The van der Waals surface area contributed by atoms with Gasteiger partial charge in [-0.05, 0) is 0 Å². The lowest BCUT2D eigenvalue weighted by Crippen LogP contribution is -2.48. The van der Waals surface area contributed by atoms with Crippen LogP contribution in [0.4, 0.5) is 0 Å². The van der Waals surface area contributed by atoms with E-state index < -0.39 is 5.72 Å². The average molecular weight is 165 g/mol. The highest BCUT2D eigenvalue weighted by Gasteiger charge is 2.45. The normalized spacial score (nSPS) is 31.4. The van der Waals surface area contributed by atoms with Crippen LogP contribution >= 0.6 is 0 Å². The molecule has 0 aromatic rings. The lowest BCUT2D eigenvalue weighted by Gasteiger charge is -2.24. The molecule has 6 heteroatoms. The number of ether oxygens (including phenoxy) is 1. The van der Waals surface area contributed by atoms with Crippen LogP contribution in [0.25, 0.3) is 0 Å². The van der Waals surface area contributed by atoms with Gasteiger partial charge in [0.05, 0.1) is 6.34 Å². The van der Waals surface area contributed by atoms with Crippen molar-refractivity contribution in [2.45, 2.75) is 5.72 Å². The van der Waals surface area contributed by atoms with Gasteiger partial charge in [-0.2, -0.15) is 0 Å². The van der Waals surface area contributed by atoms with E-state index in [0.29, 0.717) is 5.84 Å². The van der Waals surface area contributed by atoms with Crippen molar-refractivity contribution in [3.05, 3.63) is 0 Å². The van der Waals surface area contributed by atoms with Crippen LogP contribution in [0.5, 0.6) is 0 Å². The molecule has 0 radical (unpaired) electrons. The fraction of sp³-hybridized carbons (Fsp3) is 0.333. The van der Waals surface area contributed by atoms with Crippen LogP contribution in [0.3, 0.4) is 0 Å². The highest BCUT2D eigenvalue weighted by molar-refractivity contribution is 6.22. The van der Waals surface area contributed by atoms with Crippen molar-refractivity contribution < 1.29 is 4.74 Å². The van der Waals surface area contributed by atoms with E-state index in [4.69, 9.17) is 10.1 Å². The predicted molar refractivity (Wildman–Crippen MR) is 45.0 cm³/mol. The highest BCUT2D eigenvalue weighted by atomic mass is 16.5. The van der Waals surface area contributed by atoms with Crippen LogP contribution in [-0.4, -0.2) is 37.2 Å². The molecule has 12 heavy (non-hydrogen) atoms. The Morgan fingerprint density at radius 1 is 1.67 bits per heavy atom. The summed E-state index contributed by atoms with van der Waals surface area (Å²) in [5.74, 6) is 0.529. The molecule has 2 rings (SSSR count). The van der Waals surface area contributed by atoms with Gasteiger partial charge in [0.2, 0.25) is 0 Å². The van der Waals surface area contributed by atoms with Crippen LogP contribution in [-0.2, 0) is 4.74 Å². The van der Waals surface area contributed by atoms with Gasteiger partial charge in [-0.3, -0.25) is 5.41 Å². The molecule has 1 atom stereocenters. The second-order valence-corrected chi connectivity index (χ2v) is 2.32. The molecule has 0 aromatic carbocycles. The zero-order valence-electron chi connectivity index (χ0n) is 6.40. The predicted octanol–water partition coefficient (Wildman–Crippen LogP) is -0.622. The van der Waals surface area contributed by atoms with Gasteiger partial charge in [-0.15, -0.1) is 0 Å². The molecule has 0 bridgehead atoms. The van der Waals surface area contributed by atoms with E-state index in [2.05, 4.69) is 20.3 Å². The maximum absolute atomic E-state index is 7.51. The molecular formula is C6H7N5O. The number of nitrogens with zero attached hydrogens (tertiary/aromatic N) is 3. The van der Waals surface area contributed by atoms with Gasteiger partial charge < -0.3 is 10.1 Å². The molecule has 2 aliphatic heterocycles. The number of amidine groups is 2. The average Bonchev–Trinajstić information content (AvgIpc) is 2.50. The quantitative estimate of drug-likeness (QED) is 0.542. The molecule has 6 nitrogen and oxygen atoms in total. The Hall–Kier alpha value is -1.56. The summed E-state index contributed by atoms with van der Waals surface area (Å²) >= 11 is 0. The molecule has 2 N–H and O–H groups in total. The number of methoxy groups -OCH3 is 1. The van der Waals surface area contributed by atoms with Crippen molar-refractivity contribution in [2.24, 2.45) is 15.0 Å². The summed E-state index contributed by atoms with van der Waals surface area (Å²) in [4.78, 5) is 11.6. The van der Waals surface area contributed by atoms with E-state index >= 15 is 0 Å². The summed E-state index contributed by atoms with van der Waals surface area (Å²) in [7, 11) is 1.47. The molecule has 2 aliphatic rings. The summed E-state index contributed by atoms with van der Waals surface area (Å²) < 4.78 is 5.09. The van der Waals surface area contributed by atoms with Gasteiger partial charge in [0.15, 0.2) is 11.7 Å². The molecule has 0 saturated heterocycles. The fourth-order valence-corrected chi connectivity index (χ4v) is 1.12. The first-order chi connectivity index (χ1) is 5.79. The maximum atomic E-state index is 7.51. The largest absolute Gasteiger partial charge is 0.345 e. The van der Waals surface area contributed by atoms with Gasteiger partial charge in [0.25, 0.3) is 5.72 Å². The van der Waals surface area contributed by atoms with Crippen LogP contribution in [0.15, 0.2) is 15.0 Å². The zero-order chi connectivity index (χ0) is 8.60. The van der Waals surface area contributed by atoms with E-state index in [1.807, 2.05) is 0 Å². The minimum Gasteiger partial charge on any atom is -0.345 e. The van der Waals surface area contributed by atoms with Gasteiger partial charge in [-0.25, -0.2) is 15.0 Å². The number of aliphatic imine (C=N–C) groups is 3. The number of fused-ring (bicyclic) bond motifs is 1. The van der Waals surface area contributed by atoms with Crippen molar-refractivity contribution in [2.75, 3.05) is 7.11 Å². The number of hydrogen-bond donors (Lipinski definition) is 2. The summed E-state index contributed by atoms with van der Waals surface area (Å²) in [5.41, 5.74) is -1.12. The van der Waals surface area contributed by atoms with E-state index in [9.17, 15) is 0 Å². The van der Waals surface area contributed by atoms with Crippen LogP contribution in [0.1, 0.15) is 0 Å². The summed E-state index contributed by atoms with van der Waals surface area (Å²) in [6, 6.07) is 0. The first-order valence-corrected chi connectivity index (χ1v) is 3.35. The molecule has 0 aliphatic carbocycles. The Balaban J connectivity index is 2.50. The third-order valence-corrected chi connectivity index (χ3v) is 1.76. The second-order valence-electron chi connectivity index (χ2n) is 2.32. The number of nitrogens with one attached hydrogen (secondary N) is 2. The van der Waals surface area contributed by atoms with Gasteiger partial charge in [0, 0.05) is 7.11 Å². The van der Waals surface area contributed by atoms with Gasteiger partial charge in [0.1, 0.15) is 6.34 Å². The molecular weight excluding hydrogens is 158 g/mol. The van der Waals surface area contributed by atoms with Crippen LogP contribution in [0.2, 0.25) is 0 Å². The van der Waals surface area contributed by atoms with E-state index in [1.165, 1.54) is 19.8 Å². The van der Waals surface area contributed by atoms with Crippen molar-refractivity contribution >= 4 is 24.3 Å². The Kier molecular flexibility index (Phi) is 1.31. The third-order valence-electron chi connectivity index (χ3n) is 1.76. The van der Waals surface area contributed by atoms with Crippen molar-refractivity contribution in [1.29, 1.82) is 5.41 Å². The Morgan fingerprint density at radius 2 is 2.50 bits per heavy atom. The van der Waals surface area contributed by atoms with Gasteiger partial charge in [-0.1, -0.05) is 0 Å². The number of hydrogen-bond acceptors (Lipinski definition) is 5. The smallest absolute Gasteiger partial charge is 0.280 e. The Bertz CT molecular complexity index is 318. The minimum atomic E-state index is -1.12. The SMILES string of the molecule is COC12N=CNC1=NC=NC2=N. The first kappa shape index (κ1) is 7.11. The monoisotopic (exact) mass is 165 g/mol. The van der Waals surface area contributed by atoms with Crippen LogP contribution < -0.4 is 5.32 Å². The Morgan fingerprint density at radius 3 is 3.17 bits per heavy atom. The Labute approximate surface area is 68.6 Å². The molecule has 1 unspecified atom stereocenters. The third kappa shape index (κ3) is 0.668. The van der Waals surface area contributed by atoms with Gasteiger partial charge >= 0.3 is 0 Å². The molecule has 0 amide bonds. The first-order valence-electron chi connectivity index (χ1n) is 3.35. The molecule has 0 spiro atoms. The van der Waals surface area contributed by atoms with E-state index in [1.54, 1.807) is 0 Å². The minimum absolute atomic E-state index is 0.0382. The maximum Gasteiger partial charge on any atom is 0.280 e. The lowest BCUT2D eigenvalue weighted by atomic mass is 10.2. The number of rotatable bonds is 1. The molecule has 0 saturated carbocycles. The summed E-state index contributed by atoms with van der Waals surface area (Å²) in [5, 5.41) is 10.3. The fourth-order valence-electron chi connectivity index (χ4n) is 1.12. The van der Waals surface area contributed by atoms with Crippen molar-refractivity contribution in [1.82, 2.24) is 5.32 Å². The lowest BCUT2D eigenvalue weighted by molar-refractivity contribution is 0.115. The molecule has 0 aromatic heterocycles. The topological polar surface area (TPSA) is 82.2 Å². The van der Waals surface area contributed by atoms with Crippen LogP contribution in [0, 0.1) is 5.41 Å². The van der Waals surface area contributed by atoms with Crippen molar-refractivity contribution in [3.8, 4) is 0 Å². The molecule has 62 valence electrons. The highest BCUT2D eigenvalue weighted by Crippen LogP contribution is 2.20. The zero-order valence-corrected chi connectivity index (χ0v) is 6.40. The van der Waals surface area contributed by atoms with E-state index in [0.717, 1.165) is 0 Å². The molecule has 0 fully saturated rings. The standard InChI is InChI=1S/C6H7N5O/c1-12-6-4(7)8-2-9-5(6)10-3-11-6/h2-3H,1H3,(H2,7,8,9,10,11). The van der Waals surface area contributed by atoms with E-state index in [-0.39, 0.29) is 5.84 Å². The summed E-state index contributed by atoms with van der Waals surface area (Å²) in [6.07, 6.45) is 2.75. The van der Waals surface area contributed by atoms with Crippen molar-refractivity contribution in [3.63, 3.8) is 0 Å².